The molecule has 1 aliphatic rings. The zero-order chi connectivity index (χ0) is 23.7. The van der Waals surface area contributed by atoms with Crippen LogP contribution < -0.4 is 25.5 Å². The lowest BCUT2D eigenvalue weighted by Gasteiger charge is -2.25. The normalized spacial score (nSPS) is 15.8. The molecular formula is C23H25FN4O5. The molecule has 0 amide bonds. The molecule has 0 bridgehead atoms. The first-order chi connectivity index (χ1) is 15.9. The van der Waals surface area contributed by atoms with Crippen LogP contribution in [-0.4, -0.2) is 54.0 Å². The summed E-state index contributed by atoms with van der Waals surface area (Å²) in [6.45, 7) is 1.09. The number of methoxy groups -OCH3 is 2. The van der Waals surface area contributed by atoms with E-state index >= 15 is 4.39 Å². The van der Waals surface area contributed by atoms with Crippen molar-refractivity contribution in [1.82, 2.24) is 9.55 Å². The van der Waals surface area contributed by atoms with Crippen molar-refractivity contribution in [1.29, 1.82) is 0 Å². The van der Waals surface area contributed by atoms with Gasteiger partial charge in [0.2, 0.25) is 5.43 Å². The van der Waals surface area contributed by atoms with E-state index in [2.05, 4.69) is 4.98 Å². The number of aromatic nitrogens is 2. The van der Waals surface area contributed by atoms with Gasteiger partial charge in [0.05, 0.1) is 26.2 Å². The fourth-order valence-corrected chi connectivity index (χ4v) is 4.28. The number of hydrogen-bond donors (Lipinski definition) is 2. The molecule has 4 rings (SSSR count). The lowest BCUT2D eigenvalue weighted by molar-refractivity contribution is 0.0695. The highest BCUT2D eigenvalue weighted by Crippen LogP contribution is 2.30. The van der Waals surface area contributed by atoms with Crippen molar-refractivity contribution in [2.45, 2.75) is 25.4 Å². The van der Waals surface area contributed by atoms with Gasteiger partial charge in [-0.2, -0.15) is 0 Å². The Morgan fingerprint density at radius 1 is 1.30 bits per heavy atom. The molecule has 1 aromatic carbocycles. The van der Waals surface area contributed by atoms with Crippen LogP contribution in [0.5, 0.6) is 11.5 Å². The van der Waals surface area contributed by atoms with E-state index in [-0.39, 0.29) is 29.4 Å². The summed E-state index contributed by atoms with van der Waals surface area (Å²) in [5.41, 5.74) is 5.48. The average Bonchev–Trinajstić information content (AvgIpc) is 3.29. The molecule has 174 valence electrons. The zero-order valence-corrected chi connectivity index (χ0v) is 18.4. The zero-order valence-electron chi connectivity index (χ0n) is 18.4. The van der Waals surface area contributed by atoms with E-state index in [9.17, 15) is 14.7 Å². The van der Waals surface area contributed by atoms with E-state index in [0.717, 1.165) is 18.9 Å². The van der Waals surface area contributed by atoms with Gasteiger partial charge in [0.15, 0.2) is 11.6 Å². The highest BCUT2D eigenvalue weighted by Gasteiger charge is 2.28. The van der Waals surface area contributed by atoms with Gasteiger partial charge in [-0.25, -0.2) is 14.2 Å². The Labute approximate surface area is 189 Å². The minimum absolute atomic E-state index is 0.0513. The van der Waals surface area contributed by atoms with Gasteiger partial charge in [-0.1, -0.05) is 0 Å². The fraction of sp³-hybridized carbons (Fsp3) is 0.348. The third kappa shape index (κ3) is 4.09. The molecular weight excluding hydrogens is 431 g/mol. The summed E-state index contributed by atoms with van der Waals surface area (Å²) in [6, 6.07) is 6.24. The van der Waals surface area contributed by atoms with Crippen molar-refractivity contribution in [2.24, 2.45) is 5.73 Å². The minimum Gasteiger partial charge on any atom is -0.497 e. The lowest BCUT2D eigenvalue weighted by Crippen LogP contribution is -2.36. The number of anilines is 1. The molecule has 1 saturated heterocycles. The van der Waals surface area contributed by atoms with E-state index < -0.39 is 22.8 Å². The number of pyridine rings is 2. The van der Waals surface area contributed by atoms with Gasteiger partial charge >= 0.3 is 5.97 Å². The number of carboxylic acids is 1. The Morgan fingerprint density at radius 2 is 2.09 bits per heavy atom. The van der Waals surface area contributed by atoms with Gasteiger partial charge in [-0.3, -0.25) is 4.79 Å². The summed E-state index contributed by atoms with van der Waals surface area (Å²) < 4.78 is 27.3. The molecule has 2 aromatic heterocycles. The van der Waals surface area contributed by atoms with Crippen molar-refractivity contribution in [3.8, 4) is 11.5 Å². The number of nitrogens with two attached hydrogens (primary N) is 1. The number of nitrogens with zero attached hydrogens (tertiary/aromatic N) is 3. The SMILES string of the molecule is COc1ccc(Cn2cc(C(=O)O)c(=O)c3cc(F)c(N4CCCC4CN)nc32)c(OC)c1. The van der Waals surface area contributed by atoms with Crippen molar-refractivity contribution in [2.75, 3.05) is 32.2 Å². The number of aromatic carboxylic acids is 1. The largest absolute Gasteiger partial charge is 0.497 e. The van der Waals surface area contributed by atoms with Crippen molar-refractivity contribution < 1.29 is 23.8 Å². The maximum atomic E-state index is 15.1. The number of fused-ring (bicyclic) bond motifs is 1. The van der Waals surface area contributed by atoms with Crippen LogP contribution in [-0.2, 0) is 6.54 Å². The van der Waals surface area contributed by atoms with Gasteiger partial charge in [-0.05, 0) is 31.0 Å². The number of carboxylic acid groups (broad SMARTS) is 1. The highest BCUT2D eigenvalue weighted by molar-refractivity contribution is 5.92. The second-order valence-corrected chi connectivity index (χ2v) is 7.87. The third-order valence-electron chi connectivity index (χ3n) is 5.97. The number of hydrogen-bond acceptors (Lipinski definition) is 7. The third-order valence-corrected chi connectivity index (χ3v) is 5.97. The second kappa shape index (κ2) is 9.07. The Kier molecular flexibility index (Phi) is 6.19. The molecule has 1 atom stereocenters. The number of benzene rings is 1. The molecule has 33 heavy (non-hydrogen) atoms. The predicted octanol–water partition coefficient (Wildman–Crippen LogP) is 2.23. The van der Waals surface area contributed by atoms with Crippen LogP contribution in [0.2, 0.25) is 0 Å². The maximum Gasteiger partial charge on any atom is 0.341 e. The first-order valence-corrected chi connectivity index (χ1v) is 10.5. The monoisotopic (exact) mass is 456 g/mol. The van der Waals surface area contributed by atoms with Crippen molar-refractivity contribution in [3.05, 3.63) is 57.6 Å². The quantitative estimate of drug-likeness (QED) is 0.555. The molecule has 1 unspecified atom stereocenters. The molecule has 1 aliphatic heterocycles. The molecule has 3 heterocycles. The van der Waals surface area contributed by atoms with Gasteiger partial charge in [0, 0.05) is 37.0 Å². The van der Waals surface area contributed by atoms with E-state index in [1.165, 1.54) is 25.0 Å². The molecule has 0 aliphatic carbocycles. The fourth-order valence-electron chi connectivity index (χ4n) is 4.28. The summed E-state index contributed by atoms with van der Waals surface area (Å²) in [6.07, 6.45) is 2.91. The van der Waals surface area contributed by atoms with Crippen molar-refractivity contribution in [3.63, 3.8) is 0 Å². The Bertz CT molecular complexity index is 1280. The van der Waals surface area contributed by atoms with Crippen LogP contribution in [0.4, 0.5) is 10.2 Å². The first-order valence-electron chi connectivity index (χ1n) is 10.5. The smallest absolute Gasteiger partial charge is 0.341 e. The molecule has 0 spiro atoms. The van der Waals surface area contributed by atoms with Crippen LogP contribution in [0.25, 0.3) is 11.0 Å². The second-order valence-electron chi connectivity index (χ2n) is 7.87. The molecule has 10 heteroatoms. The Balaban J connectivity index is 1.92. The highest BCUT2D eigenvalue weighted by atomic mass is 19.1. The minimum atomic E-state index is -1.40. The van der Waals surface area contributed by atoms with E-state index in [1.807, 2.05) is 4.90 Å². The average molecular weight is 456 g/mol. The number of ether oxygens (including phenoxy) is 2. The molecule has 3 aromatic rings. The summed E-state index contributed by atoms with van der Waals surface area (Å²) in [7, 11) is 3.05. The van der Waals surface area contributed by atoms with Crippen LogP contribution in [0, 0.1) is 5.82 Å². The van der Waals surface area contributed by atoms with Crippen LogP contribution in [0.15, 0.2) is 35.3 Å². The van der Waals surface area contributed by atoms with Gasteiger partial charge in [0.1, 0.15) is 22.7 Å². The number of carbonyl (C=O) groups is 1. The van der Waals surface area contributed by atoms with Gasteiger partial charge in [-0.15, -0.1) is 0 Å². The van der Waals surface area contributed by atoms with E-state index in [0.29, 0.717) is 30.2 Å². The van der Waals surface area contributed by atoms with Crippen molar-refractivity contribution >= 4 is 22.8 Å². The molecule has 3 N–H and O–H groups in total. The Morgan fingerprint density at radius 3 is 2.76 bits per heavy atom. The van der Waals surface area contributed by atoms with Crippen LogP contribution in [0.3, 0.4) is 0 Å². The lowest BCUT2D eigenvalue weighted by atomic mass is 10.1. The van der Waals surface area contributed by atoms with E-state index in [4.69, 9.17) is 15.2 Å². The molecule has 9 nitrogen and oxygen atoms in total. The summed E-state index contributed by atoms with van der Waals surface area (Å²) in [5, 5.41) is 9.45. The number of halogens is 1. The standard InChI is InChI=1S/C23H25FN4O5/c1-32-15-6-5-13(19(8-15)33-2)11-27-12-17(23(30)31)20(29)16-9-18(24)22(26-21(16)27)28-7-3-4-14(28)10-25/h5-6,8-9,12,14H,3-4,7,10-11,25H2,1-2H3,(H,30,31). The molecule has 0 radical (unpaired) electrons. The maximum absolute atomic E-state index is 15.1. The first kappa shape index (κ1) is 22.5. The van der Waals surface area contributed by atoms with Gasteiger partial charge < -0.3 is 29.8 Å². The van der Waals surface area contributed by atoms with E-state index in [1.54, 1.807) is 18.2 Å². The summed E-state index contributed by atoms with van der Waals surface area (Å²) in [5.74, 6) is -0.868. The predicted molar refractivity (Wildman–Crippen MR) is 121 cm³/mol. The molecule has 1 fully saturated rings. The Hall–Kier alpha value is -3.66. The molecule has 0 saturated carbocycles. The number of rotatable bonds is 7. The topological polar surface area (TPSA) is 120 Å². The van der Waals surface area contributed by atoms with Gasteiger partial charge in [0.25, 0.3) is 0 Å². The van der Waals surface area contributed by atoms with Crippen LogP contribution in [0.1, 0.15) is 28.8 Å². The summed E-state index contributed by atoms with van der Waals surface area (Å²) in [4.78, 5) is 30.8. The summed E-state index contributed by atoms with van der Waals surface area (Å²) >= 11 is 0. The van der Waals surface area contributed by atoms with Crippen LogP contribution >= 0.6 is 0 Å².